The number of carbonyl (C=O) groups excluding carboxylic acids is 1. The summed E-state index contributed by atoms with van der Waals surface area (Å²) in [6, 6.07) is 5.50. The van der Waals surface area contributed by atoms with Gasteiger partial charge < -0.3 is 19.9 Å². The second-order valence-corrected chi connectivity index (χ2v) is 5.94. The fraction of sp³-hybridized carbons (Fsp3) is 0.556. The molecule has 24 heavy (non-hydrogen) atoms. The van der Waals surface area contributed by atoms with Crippen LogP contribution in [0, 0.1) is 11.8 Å². The highest BCUT2D eigenvalue weighted by Crippen LogP contribution is 2.32. The van der Waals surface area contributed by atoms with Crippen LogP contribution in [-0.2, 0) is 16.1 Å². The van der Waals surface area contributed by atoms with E-state index >= 15 is 0 Å². The molecule has 1 aliphatic carbocycles. The van der Waals surface area contributed by atoms with Gasteiger partial charge in [0.2, 0.25) is 5.91 Å². The summed E-state index contributed by atoms with van der Waals surface area (Å²) in [6.45, 7) is 2.66. The molecule has 0 unspecified atom stereocenters. The molecule has 1 amide bonds. The van der Waals surface area contributed by atoms with Crippen molar-refractivity contribution in [2.45, 2.75) is 39.2 Å². The molecule has 2 rings (SSSR count). The average molecular weight is 335 g/mol. The van der Waals surface area contributed by atoms with Crippen molar-refractivity contribution in [3.63, 3.8) is 0 Å². The zero-order valence-electron chi connectivity index (χ0n) is 14.2. The summed E-state index contributed by atoms with van der Waals surface area (Å²) < 4.78 is 10.9. The summed E-state index contributed by atoms with van der Waals surface area (Å²) >= 11 is 0. The third-order valence-corrected chi connectivity index (χ3v) is 4.44. The highest BCUT2D eigenvalue weighted by atomic mass is 16.5. The normalized spacial score (nSPS) is 20.2. The molecule has 1 aromatic carbocycles. The van der Waals surface area contributed by atoms with E-state index in [1.54, 1.807) is 13.2 Å². The highest BCUT2D eigenvalue weighted by Gasteiger charge is 2.35. The van der Waals surface area contributed by atoms with Crippen molar-refractivity contribution in [1.29, 1.82) is 0 Å². The number of para-hydroxylation sites is 1. The maximum absolute atomic E-state index is 12.5. The quantitative estimate of drug-likeness (QED) is 0.800. The minimum Gasteiger partial charge on any atom is -0.493 e. The van der Waals surface area contributed by atoms with Crippen LogP contribution in [0.25, 0.3) is 0 Å². The lowest BCUT2D eigenvalue weighted by Gasteiger charge is -2.27. The lowest BCUT2D eigenvalue weighted by Crippen LogP contribution is -2.39. The molecule has 1 fully saturated rings. The van der Waals surface area contributed by atoms with Crippen molar-refractivity contribution >= 4 is 11.9 Å². The van der Waals surface area contributed by atoms with Gasteiger partial charge in [-0.15, -0.1) is 0 Å². The van der Waals surface area contributed by atoms with Gasteiger partial charge in [0.1, 0.15) is 0 Å². The molecule has 0 radical (unpaired) electrons. The lowest BCUT2D eigenvalue weighted by molar-refractivity contribution is -0.148. The number of carbonyl (C=O) groups is 2. The van der Waals surface area contributed by atoms with Crippen LogP contribution in [0.1, 0.15) is 38.2 Å². The minimum absolute atomic E-state index is 0.202. The molecule has 0 bridgehead atoms. The van der Waals surface area contributed by atoms with Crippen molar-refractivity contribution in [3.05, 3.63) is 23.8 Å². The number of rotatable bonds is 7. The second-order valence-electron chi connectivity index (χ2n) is 5.94. The Balaban J connectivity index is 2.07. The molecule has 1 aliphatic rings. The third kappa shape index (κ3) is 4.19. The molecule has 6 heteroatoms. The molecule has 2 atom stereocenters. The molecule has 0 aliphatic heterocycles. The van der Waals surface area contributed by atoms with Crippen molar-refractivity contribution in [2.24, 2.45) is 11.8 Å². The van der Waals surface area contributed by atoms with Gasteiger partial charge in [-0.3, -0.25) is 9.59 Å². The standard InChI is InChI=1S/C18H25NO5/c1-3-24-16-12(7-6-10-15(16)23-2)11-19-17(20)13-8-4-5-9-14(13)18(21)22/h6-7,10,13-14H,3-5,8-9,11H2,1-2H3,(H,19,20)(H,21,22)/t13-,14-/m1/s1. The lowest BCUT2D eigenvalue weighted by atomic mass is 9.78. The molecular weight excluding hydrogens is 310 g/mol. The number of methoxy groups -OCH3 is 1. The number of nitrogens with one attached hydrogen (secondary N) is 1. The fourth-order valence-electron chi connectivity index (χ4n) is 3.22. The average Bonchev–Trinajstić information content (AvgIpc) is 2.60. The Kier molecular flexibility index (Phi) is 6.46. The summed E-state index contributed by atoms with van der Waals surface area (Å²) in [5.74, 6) is -0.905. The van der Waals surface area contributed by atoms with Crippen LogP contribution < -0.4 is 14.8 Å². The number of amides is 1. The Morgan fingerprint density at radius 1 is 1.25 bits per heavy atom. The van der Waals surface area contributed by atoms with Gasteiger partial charge in [-0.25, -0.2) is 0 Å². The molecule has 0 heterocycles. The van der Waals surface area contributed by atoms with E-state index in [-0.39, 0.29) is 12.5 Å². The Morgan fingerprint density at radius 2 is 1.96 bits per heavy atom. The maximum Gasteiger partial charge on any atom is 0.307 e. The Bertz CT molecular complexity index is 587. The third-order valence-electron chi connectivity index (χ3n) is 4.44. The summed E-state index contributed by atoms with van der Waals surface area (Å²) in [7, 11) is 1.57. The number of hydrogen-bond donors (Lipinski definition) is 2. The van der Waals surface area contributed by atoms with Crippen molar-refractivity contribution < 1.29 is 24.2 Å². The monoisotopic (exact) mass is 335 g/mol. The van der Waals surface area contributed by atoms with Crippen molar-refractivity contribution in [1.82, 2.24) is 5.32 Å². The first kappa shape index (κ1) is 18.1. The van der Waals surface area contributed by atoms with Crippen LogP contribution in [0.2, 0.25) is 0 Å². The predicted molar refractivity (Wildman–Crippen MR) is 89.1 cm³/mol. The van der Waals surface area contributed by atoms with Crippen molar-refractivity contribution in [2.75, 3.05) is 13.7 Å². The zero-order valence-corrected chi connectivity index (χ0v) is 14.2. The Morgan fingerprint density at radius 3 is 2.58 bits per heavy atom. The number of carboxylic acid groups (broad SMARTS) is 1. The van der Waals surface area contributed by atoms with Gasteiger partial charge in [0.25, 0.3) is 0 Å². The molecule has 0 saturated heterocycles. The summed E-state index contributed by atoms with van der Waals surface area (Å²) in [6.07, 6.45) is 2.95. The Hall–Kier alpha value is -2.24. The van der Waals surface area contributed by atoms with Gasteiger partial charge in [0, 0.05) is 12.1 Å². The van der Waals surface area contributed by atoms with E-state index in [1.165, 1.54) is 0 Å². The van der Waals surface area contributed by atoms with E-state index in [2.05, 4.69) is 5.32 Å². The molecule has 6 nitrogen and oxygen atoms in total. The predicted octanol–water partition coefficient (Wildman–Crippen LogP) is 2.60. The van der Waals surface area contributed by atoms with Gasteiger partial charge in [0.15, 0.2) is 11.5 Å². The van der Waals surface area contributed by atoms with Crippen LogP contribution in [-0.4, -0.2) is 30.7 Å². The molecule has 0 spiro atoms. The van der Waals surface area contributed by atoms with Gasteiger partial charge in [-0.05, 0) is 25.8 Å². The van der Waals surface area contributed by atoms with Crippen LogP contribution in [0.4, 0.5) is 0 Å². The fourth-order valence-corrected chi connectivity index (χ4v) is 3.22. The number of ether oxygens (including phenoxy) is 2. The first-order valence-corrected chi connectivity index (χ1v) is 8.37. The van der Waals surface area contributed by atoms with Gasteiger partial charge in [-0.2, -0.15) is 0 Å². The van der Waals surface area contributed by atoms with Crippen LogP contribution >= 0.6 is 0 Å². The second kappa shape index (κ2) is 8.57. The van der Waals surface area contributed by atoms with Crippen molar-refractivity contribution in [3.8, 4) is 11.5 Å². The molecule has 0 aromatic heterocycles. The van der Waals surface area contributed by atoms with Gasteiger partial charge in [0.05, 0.1) is 25.6 Å². The number of carboxylic acids is 1. The van der Waals surface area contributed by atoms with Gasteiger partial charge in [-0.1, -0.05) is 25.0 Å². The van der Waals surface area contributed by atoms with Crippen LogP contribution in [0.15, 0.2) is 18.2 Å². The van der Waals surface area contributed by atoms with E-state index in [4.69, 9.17) is 9.47 Å². The molecule has 1 aromatic rings. The van der Waals surface area contributed by atoms with Gasteiger partial charge >= 0.3 is 5.97 Å². The summed E-state index contributed by atoms with van der Waals surface area (Å²) in [4.78, 5) is 23.8. The van der Waals surface area contributed by atoms with Crippen LogP contribution in [0.3, 0.4) is 0 Å². The van der Waals surface area contributed by atoms with Crippen LogP contribution in [0.5, 0.6) is 11.5 Å². The number of benzene rings is 1. The zero-order chi connectivity index (χ0) is 17.5. The van der Waals surface area contributed by atoms with E-state index in [1.807, 2.05) is 19.1 Å². The Labute approximate surface area is 142 Å². The topological polar surface area (TPSA) is 84.9 Å². The number of aliphatic carboxylic acids is 1. The summed E-state index contributed by atoms with van der Waals surface area (Å²) in [5.41, 5.74) is 0.812. The first-order chi connectivity index (χ1) is 11.6. The van der Waals surface area contributed by atoms with E-state index < -0.39 is 17.8 Å². The number of hydrogen-bond acceptors (Lipinski definition) is 4. The molecule has 1 saturated carbocycles. The smallest absolute Gasteiger partial charge is 0.307 e. The summed E-state index contributed by atoms with van der Waals surface area (Å²) in [5, 5.41) is 12.2. The SMILES string of the molecule is CCOc1c(CNC(=O)[C@@H]2CCCC[C@H]2C(=O)O)cccc1OC. The highest BCUT2D eigenvalue weighted by molar-refractivity contribution is 5.84. The maximum atomic E-state index is 12.5. The largest absolute Gasteiger partial charge is 0.493 e. The van der Waals surface area contributed by atoms with E-state index in [9.17, 15) is 14.7 Å². The minimum atomic E-state index is -0.883. The molecule has 132 valence electrons. The first-order valence-electron chi connectivity index (χ1n) is 8.37. The molecule has 2 N–H and O–H groups in total. The van der Waals surface area contributed by atoms with E-state index in [0.717, 1.165) is 18.4 Å². The molecular formula is C18H25NO5. The van der Waals surface area contributed by atoms with E-state index in [0.29, 0.717) is 30.9 Å².